The van der Waals surface area contributed by atoms with E-state index in [-0.39, 0.29) is 12.5 Å². The van der Waals surface area contributed by atoms with Gasteiger partial charge < -0.3 is 19.7 Å². The number of rotatable bonds is 5. The minimum absolute atomic E-state index is 0.198. The van der Waals surface area contributed by atoms with E-state index >= 15 is 0 Å². The lowest BCUT2D eigenvalue weighted by Crippen LogP contribution is -2.37. The molecule has 3 aromatic rings. The fourth-order valence-electron chi connectivity index (χ4n) is 3.76. The molecule has 2 amide bonds. The molecule has 6 nitrogen and oxygen atoms in total. The lowest BCUT2D eigenvalue weighted by atomic mass is 10.1. The van der Waals surface area contributed by atoms with E-state index in [9.17, 15) is 18.4 Å². The molecular formula is C25H22F2N2O4. The number of fused-ring (bicyclic) bond motifs is 1. The molecule has 1 unspecified atom stereocenters. The van der Waals surface area contributed by atoms with E-state index in [1.54, 1.807) is 37.1 Å². The second kappa shape index (κ2) is 9.28. The van der Waals surface area contributed by atoms with Crippen LogP contribution in [0.4, 0.5) is 14.5 Å². The average Bonchev–Trinajstić information content (AvgIpc) is 2.90. The van der Waals surface area contributed by atoms with Crippen molar-refractivity contribution in [2.24, 2.45) is 0 Å². The third-order valence-electron chi connectivity index (χ3n) is 5.39. The zero-order valence-corrected chi connectivity index (χ0v) is 18.1. The van der Waals surface area contributed by atoms with Gasteiger partial charge in [-0.05, 0) is 43.3 Å². The maximum atomic E-state index is 14.0. The standard InChI is InChI=1S/C25H22F2N2O4/c1-15-25(31)29(13-16-6-3-4-9-21(16)32-2)14-17-12-18(10-11-22(17)33-15)28-24(30)23-19(26)7-5-8-20(23)27/h3-12,15H,13-14H2,1-2H3,(H,28,30). The number of hydrogen-bond acceptors (Lipinski definition) is 4. The number of nitrogens with one attached hydrogen (secondary N) is 1. The summed E-state index contributed by atoms with van der Waals surface area (Å²) in [5, 5.41) is 2.52. The number of benzene rings is 3. The van der Waals surface area contributed by atoms with E-state index in [2.05, 4.69) is 5.32 Å². The van der Waals surface area contributed by atoms with Gasteiger partial charge in [0.15, 0.2) is 6.10 Å². The first-order valence-corrected chi connectivity index (χ1v) is 10.3. The Balaban J connectivity index is 1.60. The largest absolute Gasteiger partial charge is 0.496 e. The van der Waals surface area contributed by atoms with Crippen LogP contribution in [-0.2, 0) is 17.9 Å². The maximum absolute atomic E-state index is 14.0. The van der Waals surface area contributed by atoms with Gasteiger partial charge in [-0.3, -0.25) is 9.59 Å². The SMILES string of the molecule is COc1ccccc1CN1Cc2cc(NC(=O)c3c(F)cccc3F)ccc2OC(C)C1=O. The Bertz CT molecular complexity index is 1190. The smallest absolute Gasteiger partial charge is 0.263 e. The normalized spacial score (nSPS) is 15.3. The van der Waals surface area contributed by atoms with Crippen molar-refractivity contribution in [3.63, 3.8) is 0 Å². The number of ether oxygens (including phenoxy) is 2. The van der Waals surface area contributed by atoms with Crippen LogP contribution in [0, 0.1) is 11.6 Å². The van der Waals surface area contributed by atoms with Crippen LogP contribution in [0.25, 0.3) is 0 Å². The molecule has 4 rings (SSSR count). The number of methoxy groups -OCH3 is 1. The Kier molecular flexibility index (Phi) is 6.26. The molecule has 0 fully saturated rings. The summed E-state index contributed by atoms with van der Waals surface area (Å²) in [6.45, 7) is 2.19. The van der Waals surface area contributed by atoms with Crippen LogP contribution in [-0.4, -0.2) is 29.9 Å². The minimum atomic E-state index is -0.951. The van der Waals surface area contributed by atoms with Crippen LogP contribution in [0.15, 0.2) is 60.7 Å². The average molecular weight is 452 g/mol. The molecule has 0 saturated heterocycles. The van der Waals surface area contributed by atoms with Crippen molar-refractivity contribution in [1.82, 2.24) is 4.90 Å². The summed E-state index contributed by atoms with van der Waals surface area (Å²) in [5.41, 5.74) is 1.15. The summed E-state index contributed by atoms with van der Waals surface area (Å²) in [4.78, 5) is 27.1. The molecule has 3 aromatic carbocycles. The van der Waals surface area contributed by atoms with Gasteiger partial charge in [0.2, 0.25) is 0 Å². The molecular weight excluding hydrogens is 430 g/mol. The second-order valence-electron chi connectivity index (χ2n) is 7.64. The molecule has 1 aliphatic heterocycles. The fourth-order valence-corrected chi connectivity index (χ4v) is 3.76. The summed E-state index contributed by atoms with van der Waals surface area (Å²) in [5.74, 6) is -1.85. The van der Waals surface area contributed by atoms with Crippen molar-refractivity contribution in [1.29, 1.82) is 0 Å². The number of nitrogens with zero attached hydrogens (tertiary/aromatic N) is 1. The molecule has 8 heteroatoms. The van der Waals surface area contributed by atoms with Crippen molar-refractivity contribution < 1.29 is 27.8 Å². The Morgan fingerprint density at radius 1 is 1.12 bits per heavy atom. The van der Waals surface area contributed by atoms with Gasteiger partial charge in [0, 0.05) is 29.9 Å². The van der Waals surface area contributed by atoms with Crippen LogP contribution >= 0.6 is 0 Å². The molecule has 0 radical (unpaired) electrons. The molecule has 0 aromatic heterocycles. The molecule has 1 aliphatic rings. The zero-order chi connectivity index (χ0) is 23.5. The van der Waals surface area contributed by atoms with Crippen LogP contribution < -0.4 is 14.8 Å². The van der Waals surface area contributed by atoms with Crippen molar-refractivity contribution in [3.8, 4) is 11.5 Å². The molecule has 170 valence electrons. The van der Waals surface area contributed by atoms with Crippen molar-refractivity contribution in [2.75, 3.05) is 12.4 Å². The molecule has 33 heavy (non-hydrogen) atoms. The number of para-hydroxylation sites is 1. The van der Waals surface area contributed by atoms with Crippen LogP contribution in [0.2, 0.25) is 0 Å². The van der Waals surface area contributed by atoms with Gasteiger partial charge in [-0.25, -0.2) is 8.78 Å². The van der Waals surface area contributed by atoms with Gasteiger partial charge in [0.1, 0.15) is 28.7 Å². The first-order chi connectivity index (χ1) is 15.9. The lowest BCUT2D eigenvalue weighted by molar-refractivity contribution is -0.138. The molecule has 1 heterocycles. The predicted molar refractivity (Wildman–Crippen MR) is 118 cm³/mol. The molecule has 1 N–H and O–H groups in total. The maximum Gasteiger partial charge on any atom is 0.263 e. The van der Waals surface area contributed by atoms with Crippen LogP contribution in [0.3, 0.4) is 0 Å². The number of carbonyl (C=O) groups excluding carboxylic acids is 2. The van der Waals surface area contributed by atoms with E-state index in [0.29, 0.717) is 29.3 Å². The van der Waals surface area contributed by atoms with E-state index < -0.39 is 29.2 Å². The summed E-state index contributed by atoms with van der Waals surface area (Å²) in [7, 11) is 1.57. The highest BCUT2D eigenvalue weighted by Gasteiger charge is 2.29. The Morgan fingerprint density at radius 3 is 2.58 bits per heavy atom. The van der Waals surface area contributed by atoms with Crippen LogP contribution in [0.1, 0.15) is 28.4 Å². The third kappa shape index (κ3) is 4.64. The quantitative estimate of drug-likeness (QED) is 0.618. The molecule has 1 atom stereocenters. The third-order valence-corrected chi connectivity index (χ3v) is 5.39. The molecule has 0 aliphatic carbocycles. The number of hydrogen-bond donors (Lipinski definition) is 1. The summed E-state index contributed by atoms with van der Waals surface area (Å²) in [6, 6.07) is 15.5. The highest BCUT2D eigenvalue weighted by atomic mass is 19.1. The first kappa shape index (κ1) is 22.3. The van der Waals surface area contributed by atoms with Crippen molar-refractivity contribution >= 4 is 17.5 Å². The van der Waals surface area contributed by atoms with Gasteiger partial charge in [-0.2, -0.15) is 0 Å². The Hall–Kier alpha value is -3.94. The van der Waals surface area contributed by atoms with Gasteiger partial charge >= 0.3 is 0 Å². The first-order valence-electron chi connectivity index (χ1n) is 10.3. The summed E-state index contributed by atoms with van der Waals surface area (Å²) >= 11 is 0. The number of anilines is 1. The fraction of sp³-hybridized carbons (Fsp3) is 0.200. The van der Waals surface area contributed by atoms with Gasteiger partial charge in [0.25, 0.3) is 11.8 Å². The number of halogens is 2. The molecule has 0 bridgehead atoms. The number of amides is 2. The van der Waals surface area contributed by atoms with E-state index in [4.69, 9.17) is 9.47 Å². The second-order valence-corrected chi connectivity index (χ2v) is 7.64. The lowest BCUT2D eigenvalue weighted by Gasteiger charge is -2.23. The van der Waals surface area contributed by atoms with Gasteiger partial charge in [-0.1, -0.05) is 24.3 Å². The van der Waals surface area contributed by atoms with Gasteiger partial charge in [-0.15, -0.1) is 0 Å². The highest BCUT2D eigenvalue weighted by Crippen LogP contribution is 2.31. The molecule has 0 spiro atoms. The topological polar surface area (TPSA) is 67.9 Å². The Labute approximate surface area is 189 Å². The summed E-state index contributed by atoms with van der Waals surface area (Å²) in [6.07, 6.45) is -0.714. The van der Waals surface area contributed by atoms with Gasteiger partial charge in [0.05, 0.1) is 7.11 Å². The number of carbonyl (C=O) groups is 2. The zero-order valence-electron chi connectivity index (χ0n) is 18.1. The van der Waals surface area contributed by atoms with Crippen LogP contribution in [0.5, 0.6) is 11.5 Å². The van der Waals surface area contributed by atoms with E-state index in [1.165, 1.54) is 6.07 Å². The molecule has 0 saturated carbocycles. The van der Waals surface area contributed by atoms with Crippen molar-refractivity contribution in [3.05, 3.63) is 89.0 Å². The van der Waals surface area contributed by atoms with Crippen molar-refractivity contribution in [2.45, 2.75) is 26.1 Å². The Morgan fingerprint density at radius 2 is 1.85 bits per heavy atom. The minimum Gasteiger partial charge on any atom is -0.496 e. The van der Waals surface area contributed by atoms with E-state index in [0.717, 1.165) is 17.7 Å². The van der Waals surface area contributed by atoms with E-state index in [1.807, 2.05) is 24.3 Å². The predicted octanol–water partition coefficient (Wildman–Crippen LogP) is 4.54. The highest BCUT2D eigenvalue weighted by molar-refractivity contribution is 6.04. The monoisotopic (exact) mass is 452 g/mol. The summed E-state index contributed by atoms with van der Waals surface area (Å²) < 4.78 is 39.1.